The van der Waals surface area contributed by atoms with Crippen LogP contribution in [0.3, 0.4) is 0 Å². The van der Waals surface area contributed by atoms with Crippen molar-refractivity contribution >= 4 is 27.3 Å². The molecular weight excluding hydrogens is 289 g/mol. The first-order valence-corrected chi connectivity index (χ1v) is 7.99. The summed E-state index contributed by atoms with van der Waals surface area (Å²) in [5.74, 6) is -1.06. The summed E-state index contributed by atoms with van der Waals surface area (Å²) in [5.41, 5.74) is 1.23. The first kappa shape index (κ1) is 13.7. The standard InChI is InChI=1S/C12H10FNO3S2/c1-19(16,17)14-12(15)11-10(6-7-18-11)8-2-4-9(13)5-3-8/h2-7H,1H3,(H,14,15). The zero-order valence-electron chi connectivity index (χ0n) is 9.88. The summed E-state index contributed by atoms with van der Waals surface area (Å²) < 4.78 is 36.9. The third-order valence-corrected chi connectivity index (χ3v) is 3.77. The van der Waals surface area contributed by atoms with Crippen LogP contribution in [-0.2, 0) is 10.0 Å². The molecule has 0 aliphatic heterocycles. The van der Waals surface area contributed by atoms with Gasteiger partial charge in [-0.05, 0) is 29.1 Å². The van der Waals surface area contributed by atoms with Crippen LogP contribution >= 0.6 is 11.3 Å². The molecule has 2 aromatic rings. The molecule has 0 unspecified atom stereocenters. The van der Waals surface area contributed by atoms with Crippen LogP contribution in [0.2, 0.25) is 0 Å². The average molecular weight is 299 g/mol. The van der Waals surface area contributed by atoms with Crippen molar-refractivity contribution in [1.82, 2.24) is 4.72 Å². The van der Waals surface area contributed by atoms with E-state index in [1.54, 1.807) is 11.4 Å². The Morgan fingerprint density at radius 2 is 1.84 bits per heavy atom. The quantitative estimate of drug-likeness (QED) is 0.945. The predicted molar refractivity (Wildman–Crippen MR) is 72.0 cm³/mol. The third-order valence-electron chi connectivity index (χ3n) is 2.30. The third kappa shape index (κ3) is 3.39. The van der Waals surface area contributed by atoms with Crippen molar-refractivity contribution in [3.05, 3.63) is 46.4 Å². The number of nitrogens with one attached hydrogen (secondary N) is 1. The molecule has 1 aromatic heterocycles. The number of amides is 1. The van der Waals surface area contributed by atoms with Crippen molar-refractivity contribution in [3.8, 4) is 11.1 Å². The molecule has 1 heterocycles. The number of halogens is 1. The normalized spacial score (nSPS) is 11.3. The van der Waals surface area contributed by atoms with E-state index in [1.807, 2.05) is 4.72 Å². The van der Waals surface area contributed by atoms with E-state index in [-0.39, 0.29) is 10.7 Å². The number of sulfonamides is 1. The van der Waals surface area contributed by atoms with Crippen molar-refractivity contribution in [3.63, 3.8) is 0 Å². The molecule has 19 heavy (non-hydrogen) atoms. The van der Waals surface area contributed by atoms with Gasteiger partial charge >= 0.3 is 0 Å². The second kappa shape index (κ2) is 5.10. The highest BCUT2D eigenvalue weighted by atomic mass is 32.2. The smallest absolute Gasteiger partial charge is 0.267 e. The van der Waals surface area contributed by atoms with Crippen molar-refractivity contribution in [2.75, 3.05) is 6.26 Å². The van der Waals surface area contributed by atoms with Gasteiger partial charge in [0.25, 0.3) is 5.91 Å². The van der Waals surface area contributed by atoms with Gasteiger partial charge in [0.1, 0.15) is 10.7 Å². The van der Waals surface area contributed by atoms with Gasteiger partial charge in [-0.2, -0.15) is 0 Å². The van der Waals surface area contributed by atoms with Crippen molar-refractivity contribution < 1.29 is 17.6 Å². The van der Waals surface area contributed by atoms with Crippen LogP contribution < -0.4 is 4.72 Å². The van der Waals surface area contributed by atoms with E-state index in [9.17, 15) is 17.6 Å². The molecule has 0 radical (unpaired) electrons. The van der Waals surface area contributed by atoms with E-state index < -0.39 is 15.9 Å². The average Bonchev–Trinajstić information content (AvgIpc) is 2.76. The Bertz CT molecular complexity index is 705. The van der Waals surface area contributed by atoms with E-state index in [0.717, 1.165) is 17.6 Å². The molecule has 1 amide bonds. The predicted octanol–water partition coefficient (Wildman–Crippen LogP) is 2.24. The fourth-order valence-corrected chi connectivity index (χ4v) is 2.87. The van der Waals surface area contributed by atoms with Gasteiger partial charge in [0.2, 0.25) is 10.0 Å². The Morgan fingerprint density at radius 3 is 2.42 bits per heavy atom. The maximum atomic E-state index is 12.9. The van der Waals surface area contributed by atoms with Crippen LogP contribution in [0.15, 0.2) is 35.7 Å². The van der Waals surface area contributed by atoms with E-state index in [1.165, 1.54) is 24.3 Å². The van der Waals surface area contributed by atoms with Gasteiger partial charge in [0.15, 0.2) is 0 Å². The molecule has 0 bridgehead atoms. The van der Waals surface area contributed by atoms with Gasteiger partial charge in [-0.25, -0.2) is 17.5 Å². The Hall–Kier alpha value is -1.73. The van der Waals surface area contributed by atoms with Crippen LogP contribution in [0.1, 0.15) is 9.67 Å². The highest BCUT2D eigenvalue weighted by Gasteiger charge is 2.17. The summed E-state index contributed by atoms with van der Waals surface area (Å²) in [6, 6.07) is 7.33. The number of hydrogen-bond donors (Lipinski definition) is 1. The lowest BCUT2D eigenvalue weighted by Gasteiger charge is -2.04. The van der Waals surface area contributed by atoms with Gasteiger partial charge in [-0.1, -0.05) is 12.1 Å². The van der Waals surface area contributed by atoms with Gasteiger partial charge in [-0.15, -0.1) is 11.3 Å². The van der Waals surface area contributed by atoms with Crippen molar-refractivity contribution in [1.29, 1.82) is 0 Å². The lowest BCUT2D eigenvalue weighted by Crippen LogP contribution is -2.28. The maximum absolute atomic E-state index is 12.9. The zero-order chi connectivity index (χ0) is 14.0. The Labute approximate surface area is 113 Å². The second-order valence-corrected chi connectivity index (χ2v) is 6.54. The summed E-state index contributed by atoms with van der Waals surface area (Å²) in [6.45, 7) is 0. The molecule has 100 valence electrons. The Morgan fingerprint density at radius 1 is 1.21 bits per heavy atom. The van der Waals surface area contributed by atoms with Gasteiger partial charge < -0.3 is 0 Å². The highest BCUT2D eigenvalue weighted by molar-refractivity contribution is 7.89. The fraction of sp³-hybridized carbons (Fsp3) is 0.0833. The van der Waals surface area contributed by atoms with E-state index in [0.29, 0.717) is 11.1 Å². The van der Waals surface area contributed by atoms with E-state index in [2.05, 4.69) is 0 Å². The fourth-order valence-electron chi connectivity index (χ4n) is 1.56. The lowest BCUT2D eigenvalue weighted by molar-refractivity contribution is 0.0986. The summed E-state index contributed by atoms with van der Waals surface area (Å²) in [5, 5.41) is 1.68. The number of hydrogen-bond acceptors (Lipinski definition) is 4. The molecule has 4 nitrogen and oxygen atoms in total. The number of benzene rings is 1. The first-order chi connectivity index (χ1) is 8.87. The molecule has 0 aliphatic carbocycles. The molecule has 2 rings (SSSR count). The van der Waals surface area contributed by atoms with E-state index in [4.69, 9.17) is 0 Å². The number of thiophene rings is 1. The summed E-state index contributed by atoms with van der Waals surface area (Å²) in [6.07, 6.45) is 0.913. The molecule has 1 N–H and O–H groups in total. The molecule has 0 saturated heterocycles. The van der Waals surface area contributed by atoms with Gasteiger partial charge in [0, 0.05) is 5.56 Å². The monoisotopic (exact) mass is 299 g/mol. The number of carbonyl (C=O) groups excluding carboxylic acids is 1. The first-order valence-electron chi connectivity index (χ1n) is 5.22. The molecule has 1 aromatic carbocycles. The minimum Gasteiger partial charge on any atom is -0.267 e. The summed E-state index contributed by atoms with van der Waals surface area (Å²) in [4.78, 5) is 12.1. The van der Waals surface area contributed by atoms with Crippen molar-refractivity contribution in [2.45, 2.75) is 0 Å². The number of carbonyl (C=O) groups is 1. The van der Waals surface area contributed by atoms with Gasteiger partial charge in [0.05, 0.1) is 6.26 Å². The largest absolute Gasteiger partial charge is 0.275 e. The summed E-state index contributed by atoms with van der Waals surface area (Å²) in [7, 11) is -3.61. The minimum atomic E-state index is -3.61. The second-order valence-electron chi connectivity index (χ2n) is 3.87. The minimum absolute atomic E-state index is 0.275. The Kier molecular flexibility index (Phi) is 3.68. The van der Waals surface area contributed by atoms with E-state index >= 15 is 0 Å². The molecule has 0 atom stereocenters. The van der Waals surface area contributed by atoms with Gasteiger partial charge in [-0.3, -0.25) is 4.79 Å². The van der Waals surface area contributed by atoms with Crippen LogP contribution in [0.5, 0.6) is 0 Å². The topological polar surface area (TPSA) is 63.2 Å². The van der Waals surface area contributed by atoms with Crippen LogP contribution in [-0.4, -0.2) is 20.6 Å². The maximum Gasteiger partial charge on any atom is 0.275 e. The lowest BCUT2D eigenvalue weighted by atomic mass is 10.1. The SMILES string of the molecule is CS(=O)(=O)NC(=O)c1sccc1-c1ccc(F)cc1. The summed E-state index contributed by atoms with van der Waals surface area (Å²) >= 11 is 1.13. The molecule has 0 spiro atoms. The zero-order valence-corrected chi connectivity index (χ0v) is 11.5. The van der Waals surface area contributed by atoms with Crippen LogP contribution in [0.4, 0.5) is 4.39 Å². The van der Waals surface area contributed by atoms with Crippen LogP contribution in [0, 0.1) is 5.82 Å². The number of rotatable bonds is 3. The highest BCUT2D eigenvalue weighted by Crippen LogP contribution is 2.28. The molecule has 0 saturated carbocycles. The molecule has 0 fully saturated rings. The molecule has 0 aliphatic rings. The molecule has 7 heteroatoms. The van der Waals surface area contributed by atoms with Crippen LogP contribution in [0.25, 0.3) is 11.1 Å². The van der Waals surface area contributed by atoms with Crippen molar-refractivity contribution in [2.24, 2.45) is 0 Å². The molecular formula is C12H10FNO3S2. The Balaban J connectivity index is 2.37.